The number of fused-ring (bicyclic) bond motifs is 2. The van der Waals surface area contributed by atoms with Gasteiger partial charge in [0.05, 0.1) is 23.0 Å². The van der Waals surface area contributed by atoms with E-state index in [0.29, 0.717) is 37.9 Å². The van der Waals surface area contributed by atoms with E-state index in [1.165, 1.54) is 0 Å². The van der Waals surface area contributed by atoms with Crippen LogP contribution in [0.1, 0.15) is 58.1 Å². The highest BCUT2D eigenvalue weighted by molar-refractivity contribution is 6.08. The number of rotatable bonds is 8. The van der Waals surface area contributed by atoms with Crippen molar-refractivity contribution in [2.75, 3.05) is 24.6 Å². The van der Waals surface area contributed by atoms with Crippen LogP contribution >= 0.6 is 0 Å². The molecule has 6 rings (SSSR count). The van der Waals surface area contributed by atoms with E-state index in [-0.39, 0.29) is 30.4 Å². The van der Waals surface area contributed by atoms with Gasteiger partial charge in [-0.3, -0.25) is 9.59 Å². The fraction of sp³-hybridized carbons (Fsp3) is 0.500. The Balaban J connectivity index is 1.42. The maximum atomic E-state index is 13.2. The van der Waals surface area contributed by atoms with Crippen molar-refractivity contribution in [3.8, 4) is 17.1 Å². The van der Waals surface area contributed by atoms with Crippen LogP contribution in [0.5, 0.6) is 5.88 Å². The quantitative estimate of drug-likeness (QED) is 0.488. The normalized spacial score (nSPS) is 21.4. The van der Waals surface area contributed by atoms with Crippen LogP contribution in [0.3, 0.4) is 0 Å². The number of nitrogens with one attached hydrogen (secondary N) is 1. The molecule has 1 aromatic carbocycles. The smallest absolute Gasteiger partial charge is 0.241 e. The number of hydrogen-bond donors (Lipinski definition) is 2. The van der Waals surface area contributed by atoms with E-state index in [1.807, 2.05) is 51.4 Å². The monoisotopic (exact) mass is 503 g/mol. The first-order valence-corrected chi connectivity index (χ1v) is 13.2. The van der Waals surface area contributed by atoms with Gasteiger partial charge in [0, 0.05) is 49.3 Å². The predicted molar refractivity (Wildman–Crippen MR) is 140 cm³/mol. The molecule has 0 bridgehead atoms. The van der Waals surface area contributed by atoms with Gasteiger partial charge < -0.3 is 24.6 Å². The number of carbonyl (C=O) groups excluding carboxylic acids is 2. The third kappa shape index (κ3) is 4.05. The highest BCUT2D eigenvalue weighted by Gasteiger charge is 2.43. The lowest BCUT2D eigenvalue weighted by Crippen LogP contribution is -2.37. The third-order valence-electron chi connectivity index (χ3n) is 8.01. The first kappa shape index (κ1) is 23.9. The van der Waals surface area contributed by atoms with Gasteiger partial charge in [0.2, 0.25) is 17.7 Å². The molecule has 37 heavy (non-hydrogen) atoms. The lowest BCUT2D eigenvalue weighted by molar-refractivity contribution is -0.122. The number of imidazole rings is 1. The van der Waals surface area contributed by atoms with E-state index in [0.717, 1.165) is 46.4 Å². The molecule has 3 aliphatic rings. The zero-order chi connectivity index (χ0) is 25.9. The standard InChI is InChI=1S/C28H33N5O4/c1-16(18-12-24(35)29-14-18)37-26-25-22(30-15-33(25)19-6-7-19)13-21(31-26)17-5-8-20-23(11-17)32(9-4-10-34)27(36)28(20,2)3/h5,8,11,13,15-16,18-19,34H,4,6-7,9-10,12,14H2,1-3H3,(H,29,35)/t16-,18?/m1/s1. The molecule has 9 heteroatoms. The summed E-state index contributed by atoms with van der Waals surface area (Å²) in [5, 5.41) is 12.3. The molecule has 0 radical (unpaired) electrons. The van der Waals surface area contributed by atoms with Crippen molar-refractivity contribution >= 4 is 28.5 Å². The fourth-order valence-electron chi connectivity index (χ4n) is 5.57. The lowest BCUT2D eigenvalue weighted by Gasteiger charge is -2.21. The summed E-state index contributed by atoms with van der Waals surface area (Å²) in [5.74, 6) is 0.699. The zero-order valence-electron chi connectivity index (χ0n) is 21.5. The number of pyridine rings is 1. The molecule has 2 atom stereocenters. The third-order valence-corrected chi connectivity index (χ3v) is 8.01. The Labute approximate surface area is 215 Å². The van der Waals surface area contributed by atoms with E-state index in [1.54, 1.807) is 4.90 Å². The summed E-state index contributed by atoms with van der Waals surface area (Å²) in [7, 11) is 0. The minimum absolute atomic E-state index is 0.0299. The second-order valence-corrected chi connectivity index (χ2v) is 11.0. The number of anilines is 1. The summed E-state index contributed by atoms with van der Waals surface area (Å²) in [6.45, 7) is 6.97. The summed E-state index contributed by atoms with van der Waals surface area (Å²) in [5.41, 5.74) is 4.50. The van der Waals surface area contributed by atoms with Crippen molar-refractivity contribution in [1.82, 2.24) is 19.9 Å². The van der Waals surface area contributed by atoms with Gasteiger partial charge in [-0.25, -0.2) is 9.97 Å². The van der Waals surface area contributed by atoms with E-state index in [2.05, 4.69) is 9.88 Å². The zero-order valence-corrected chi connectivity index (χ0v) is 21.5. The van der Waals surface area contributed by atoms with Crippen LogP contribution in [0.4, 0.5) is 5.69 Å². The minimum Gasteiger partial charge on any atom is -0.473 e. The average Bonchev–Trinajstić information content (AvgIpc) is 3.42. The number of benzene rings is 1. The number of amides is 2. The van der Waals surface area contributed by atoms with Crippen LogP contribution < -0.4 is 15.0 Å². The van der Waals surface area contributed by atoms with Crippen molar-refractivity contribution in [3.05, 3.63) is 36.2 Å². The topological polar surface area (TPSA) is 110 Å². The Kier molecular flexibility index (Phi) is 5.71. The Morgan fingerprint density at radius 2 is 2.05 bits per heavy atom. The first-order chi connectivity index (χ1) is 17.8. The molecule has 1 aliphatic carbocycles. The van der Waals surface area contributed by atoms with Gasteiger partial charge in [-0.2, -0.15) is 0 Å². The number of ether oxygens (including phenoxy) is 1. The van der Waals surface area contributed by atoms with Gasteiger partial charge in [-0.05, 0) is 57.7 Å². The lowest BCUT2D eigenvalue weighted by atomic mass is 9.85. The van der Waals surface area contributed by atoms with E-state index >= 15 is 0 Å². The highest BCUT2D eigenvalue weighted by Crippen LogP contribution is 2.44. The number of aromatic nitrogens is 3. The molecule has 3 aromatic rings. The summed E-state index contributed by atoms with van der Waals surface area (Å²) in [4.78, 5) is 36.4. The van der Waals surface area contributed by atoms with Gasteiger partial charge in [-0.1, -0.05) is 12.1 Å². The molecule has 0 spiro atoms. The van der Waals surface area contributed by atoms with Gasteiger partial charge in [0.1, 0.15) is 11.6 Å². The van der Waals surface area contributed by atoms with Crippen molar-refractivity contribution in [2.24, 2.45) is 5.92 Å². The molecular weight excluding hydrogens is 470 g/mol. The maximum absolute atomic E-state index is 13.2. The molecule has 2 aromatic heterocycles. The van der Waals surface area contributed by atoms with Crippen molar-refractivity contribution < 1.29 is 19.4 Å². The first-order valence-electron chi connectivity index (χ1n) is 13.2. The minimum atomic E-state index is -0.625. The molecular formula is C28H33N5O4. The number of hydrogen-bond acceptors (Lipinski definition) is 6. The van der Waals surface area contributed by atoms with Gasteiger partial charge in [0.25, 0.3) is 0 Å². The summed E-state index contributed by atoms with van der Waals surface area (Å²) in [6, 6.07) is 8.42. The number of carbonyl (C=O) groups is 2. The second-order valence-electron chi connectivity index (χ2n) is 11.0. The fourth-order valence-corrected chi connectivity index (χ4v) is 5.57. The van der Waals surface area contributed by atoms with E-state index in [9.17, 15) is 14.7 Å². The van der Waals surface area contributed by atoms with Crippen molar-refractivity contribution in [3.63, 3.8) is 0 Å². The van der Waals surface area contributed by atoms with Gasteiger partial charge in [0.15, 0.2) is 0 Å². The molecule has 2 fully saturated rings. The largest absolute Gasteiger partial charge is 0.473 e. The molecule has 2 aliphatic heterocycles. The van der Waals surface area contributed by atoms with Crippen LogP contribution in [-0.4, -0.2) is 57.3 Å². The molecule has 2 N–H and O–H groups in total. The molecule has 2 amide bonds. The Morgan fingerprint density at radius 3 is 2.76 bits per heavy atom. The predicted octanol–water partition coefficient (Wildman–Crippen LogP) is 3.34. The summed E-state index contributed by atoms with van der Waals surface area (Å²) in [6.07, 6.45) is 4.86. The van der Waals surface area contributed by atoms with Crippen LogP contribution in [0.2, 0.25) is 0 Å². The Bertz CT molecular complexity index is 1390. The van der Waals surface area contributed by atoms with Crippen molar-refractivity contribution in [1.29, 1.82) is 0 Å². The molecule has 1 unspecified atom stereocenters. The Hall–Kier alpha value is -3.46. The SMILES string of the molecule is C[C@@H](Oc1nc(-c2ccc3c(c2)N(CCCO)C(=O)C3(C)C)cc2ncn(C3CC3)c12)C1CNC(=O)C1. The Morgan fingerprint density at radius 1 is 1.24 bits per heavy atom. The number of aliphatic hydroxyl groups is 1. The van der Waals surface area contributed by atoms with Crippen LogP contribution in [0.25, 0.3) is 22.3 Å². The molecule has 4 heterocycles. The molecule has 194 valence electrons. The molecule has 1 saturated carbocycles. The van der Waals surface area contributed by atoms with Crippen molar-refractivity contribution in [2.45, 2.75) is 64.0 Å². The second kappa shape index (κ2) is 8.83. The average molecular weight is 504 g/mol. The highest BCUT2D eigenvalue weighted by atomic mass is 16.5. The number of nitrogens with zero attached hydrogens (tertiary/aromatic N) is 4. The number of aliphatic hydroxyl groups excluding tert-OH is 1. The summed E-state index contributed by atoms with van der Waals surface area (Å²) >= 11 is 0. The van der Waals surface area contributed by atoms with Crippen LogP contribution in [-0.2, 0) is 15.0 Å². The maximum Gasteiger partial charge on any atom is 0.241 e. The molecule has 1 saturated heterocycles. The van der Waals surface area contributed by atoms with Crippen LogP contribution in [0.15, 0.2) is 30.6 Å². The summed E-state index contributed by atoms with van der Waals surface area (Å²) < 4.78 is 8.62. The van der Waals surface area contributed by atoms with Gasteiger partial charge in [-0.15, -0.1) is 0 Å². The molecule has 9 nitrogen and oxygen atoms in total. The van der Waals surface area contributed by atoms with E-state index in [4.69, 9.17) is 14.7 Å². The van der Waals surface area contributed by atoms with E-state index < -0.39 is 5.41 Å². The van der Waals surface area contributed by atoms with Crippen LogP contribution in [0, 0.1) is 5.92 Å². The van der Waals surface area contributed by atoms with Gasteiger partial charge >= 0.3 is 0 Å².